The largest absolute Gasteiger partial charge is 0.354 e. The van der Waals surface area contributed by atoms with Crippen molar-refractivity contribution in [3.63, 3.8) is 0 Å². The third-order valence-corrected chi connectivity index (χ3v) is 5.63. The maximum atomic E-state index is 11.7. The van der Waals surface area contributed by atoms with Gasteiger partial charge in [-0.3, -0.25) is 9.69 Å². The average Bonchev–Trinajstić information content (AvgIpc) is 3.04. The number of rotatable bonds is 9. The minimum absolute atomic E-state index is 0.0598. The van der Waals surface area contributed by atoms with Gasteiger partial charge in [-0.15, -0.1) is 11.3 Å². The van der Waals surface area contributed by atoms with Crippen molar-refractivity contribution in [1.82, 2.24) is 15.2 Å². The van der Waals surface area contributed by atoms with E-state index in [-0.39, 0.29) is 5.91 Å². The fourth-order valence-electron chi connectivity index (χ4n) is 3.16. The lowest BCUT2D eigenvalue weighted by Crippen LogP contribution is -2.46. The van der Waals surface area contributed by atoms with Gasteiger partial charge in [-0.05, 0) is 33.2 Å². The zero-order valence-electron chi connectivity index (χ0n) is 15.0. The van der Waals surface area contributed by atoms with Gasteiger partial charge in [-0.25, -0.2) is 4.98 Å². The summed E-state index contributed by atoms with van der Waals surface area (Å²) in [6, 6.07) is 0.416. The van der Waals surface area contributed by atoms with Crippen molar-refractivity contribution in [3.05, 3.63) is 11.1 Å². The van der Waals surface area contributed by atoms with Crippen LogP contribution in [0.2, 0.25) is 0 Å². The van der Waals surface area contributed by atoms with Crippen molar-refractivity contribution in [2.75, 3.05) is 37.6 Å². The van der Waals surface area contributed by atoms with E-state index in [0.717, 1.165) is 44.3 Å². The molecule has 0 bridgehead atoms. The molecule has 0 spiro atoms. The zero-order chi connectivity index (χ0) is 17.4. The molecule has 1 aromatic rings. The monoisotopic (exact) mass is 353 g/mol. The number of nitrogens with two attached hydrogens (primary N) is 1. The van der Waals surface area contributed by atoms with Crippen LogP contribution in [0.1, 0.15) is 44.4 Å². The number of nitrogens with one attached hydrogen (secondary N) is 1. The van der Waals surface area contributed by atoms with Crippen molar-refractivity contribution in [3.8, 4) is 0 Å². The maximum Gasteiger partial charge on any atom is 0.221 e. The molecule has 1 atom stereocenters. The number of aromatic nitrogens is 1. The second-order valence-electron chi connectivity index (χ2n) is 6.24. The molecule has 2 rings (SSSR count). The van der Waals surface area contributed by atoms with Crippen LogP contribution in [0.3, 0.4) is 0 Å². The van der Waals surface area contributed by atoms with E-state index in [0.29, 0.717) is 19.0 Å². The number of anilines is 1. The molecule has 3 N–H and O–H groups in total. The number of likely N-dealkylation sites (tertiary alicyclic amines) is 1. The van der Waals surface area contributed by atoms with E-state index >= 15 is 0 Å². The first kappa shape index (κ1) is 19.1. The van der Waals surface area contributed by atoms with E-state index in [9.17, 15) is 4.79 Å². The molecule has 0 aliphatic carbocycles. The topological polar surface area (TPSA) is 74.5 Å². The fourth-order valence-corrected chi connectivity index (χ4v) is 4.22. The average molecular weight is 354 g/mol. The Morgan fingerprint density at radius 1 is 1.46 bits per heavy atom. The van der Waals surface area contributed by atoms with Gasteiger partial charge >= 0.3 is 0 Å². The zero-order valence-corrected chi connectivity index (χ0v) is 15.8. The summed E-state index contributed by atoms with van der Waals surface area (Å²) in [7, 11) is 0. The molecule has 1 aromatic heterocycles. The van der Waals surface area contributed by atoms with Crippen LogP contribution >= 0.6 is 11.3 Å². The van der Waals surface area contributed by atoms with Gasteiger partial charge in [0.1, 0.15) is 0 Å². The number of hydrogen-bond acceptors (Lipinski definition) is 6. The van der Waals surface area contributed by atoms with Gasteiger partial charge in [-0.2, -0.15) is 0 Å². The number of carbonyl (C=O) groups excluding carboxylic acids is 1. The summed E-state index contributed by atoms with van der Waals surface area (Å²) in [6.07, 6.45) is 6.03. The Labute approximate surface area is 149 Å². The van der Waals surface area contributed by atoms with Crippen molar-refractivity contribution < 1.29 is 4.79 Å². The smallest absolute Gasteiger partial charge is 0.221 e. The summed E-state index contributed by atoms with van der Waals surface area (Å²) in [5, 5.41) is 4.14. The Morgan fingerprint density at radius 3 is 2.96 bits per heavy atom. The molecule has 0 aromatic carbocycles. The SMILES string of the molecule is CCN(CC)c1ncc(CN2CCCCC2CNC(=O)CCN)s1. The van der Waals surface area contributed by atoms with Gasteiger partial charge in [0.25, 0.3) is 0 Å². The number of carbonyl (C=O) groups is 1. The summed E-state index contributed by atoms with van der Waals surface area (Å²) >= 11 is 1.79. The minimum Gasteiger partial charge on any atom is -0.354 e. The van der Waals surface area contributed by atoms with Crippen LogP contribution in [0, 0.1) is 0 Å². The lowest BCUT2D eigenvalue weighted by Gasteiger charge is -2.35. The quantitative estimate of drug-likeness (QED) is 0.708. The van der Waals surface area contributed by atoms with Crippen molar-refractivity contribution >= 4 is 22.4 Å². The molecule has 1 aliphatic rings. The molecule has 1 aliphatic heterocycles. The number of piperidine rings is 1. The van der Waals surface area contributed by atoms with Crippen molar-refractivity contribution in [2.45, 2.75) is 52.1 Å². The highest BCUT2D eigenvalue weighted by Crippen LogP contribution is 2.26. The van der Waals surface area contributed by atoms with Crippen LogP contribution in [0.25, 0.3) is 0 Å². The molecular weight excluding hydrogens is 322 g/mol. The predicted octanol–water partition coefficient (Wildman–Crippen LogP) is 1.81. The lowest BCUT2D eigenvalue weighted by molar-refractivity contribution is -0.121. The second kappa shape index (κ2) is 9.96. The van der Waals surface area contributed by atoms with Gasteiger partial charge in [-0.1, -0.05) is 6.42 Å². The van der Waals surface area contributed by atoms with Crippen LogP contribution in [-0.2, 0) is 11.3 Å². The van der Waals surface area contributed by atoms with Crippen LogP contribution in [0.5, 0.6) is 0 Å². The van der Waals surface area contributed by atoms with E-state index in [4.69, 9.17) is 5.73 Å². The highest BCUT2D eigenvalue weighted by Gasteiger charge is 2.23. The molecular formula is C17H31N5OS. The summed E-state index contributed by atoms with van der Waals surface area (Å²) in [5.41, 5.74) is 5.44. The number of hydrogen-bond donors (Lipinski definition) is 2. The summed E-state index contributed by atoms with van der Waals surface area (Å²) in [6.45, 7) is 9.46. The van der Waals surface area contributed by atoms with E-state index in [1.807, 2.05) is 6.20 Å². The molecule has 1 amide bonds. The molecule has 1 saturated heterocycles. The Bertz CT molecular complexity index is 503. The standard InChI is InChI=1S/C17H31N5OS/c1-3-21(4-2)17-20-12-15(24-17)13-22-10-6-5-7-14(22)11-19-16(23)8-9-18/h12,14H,3-11,13,18H2,1-2H3,(H,19,23). The molecule has 0 radical (unpaired) electrons. The molecule has 1 fully saturated rings. The van der Waals surface area contributed by atoms with Crippen LogP contribution in [0.15, 0.2) is 6.20 Å². The normalized spacial score (nSPS) is 18.5. The van der Waals surface area contributed by atoms with Gasteiger partial charge < -0.3 is 16.0 Å². The number of thiazole rings is 1. The summed E-state index contributed by atoms with van der Waals surface area (Å²) < 4.78 is 0. The van der Waals surface area contributed by atoms with Gasteiger partial charge in [0, 0.05) is 56.3 Å². The molecule has 6 nitrogen and oxygen atoms in total. The minimum atomic E-state index is 0.0598. The third kappa shape index (κ3) is 5.43. The van der Waals surface area contributed by atoms with Crippen molar-refractivity contribution in [2.24, 2.45) is 5.73 Å². The van der Waals surface area contributed by atoms with Crippen LogP contribution < -0.4 is 16.0 Å². The Balaban J connectivity index is 1.92. The number of amides is 1. The lowest BCUT2D eigenvalue weighted by atomic mass is 10.0. The predicted molar refractivity (Wildman–Crippen MR) is 100 cm³/mol. The van der Waals surface area contributed by atoms with E-state index in [2.05, 4.69) is 33.9 Å². The first-order chi connectivity index (χ1) is 11.7. The van der Waals surface area contributed by atoms with E-state index in [1.165, 1.54) is 17.7 Å². The van der Waals surface area contributed by atoms with Crippen molar-refractivity contribution in [1.29, 1.82) is 0 Å². The van der Waals surface area contributed by atoms with Crippen LogP contribution in [-0.4, -0.2) is 54.6 Å². The number of nitrogens with zero attached hydrogens (tertiary/aromatic N) is 3. The molecule has 2 heterocycles. The molecule has 136 valence electrons. The highest BCUT2D eigenvalue weighted by molar-refractivity contribution is 7.15. The maximum absolute atomic E-state index is 11.7. The highest BCUT2D eigenvalue weighted by atomic mass is 32.1. The summed E-state index contributed by atoms with van der Waals surface area (Å²) in [5.74, 6) is 0.0598. The van der Waals surface area contributed by atoms with Gasteiger partial charge in [0.05, 0.1) is 0 Å². The fraction of sp³-hybridized carbons (Fsp3) is 0.765. The van der Waals surface area contributed by atoms with Gasteiger partial charge in [0.15, 0.2) is 5.13 Å². The molecule has 24 heavy (non-hydrogen) atoms. The third-order valence-electron chi connectivity index (χ3n) is 4.59. The van der Waals surface area contributed by atoms with E-state index < -0.39 is 0 Å². The Morgan fingerprint density at radius 2 is 2.25 bits per heavy atom. The van der Waals surface area contributed by atoms with Gasteiger partial charge in [0.2, 0.25) is 5.91 Å². The first-order valence-corrected chi connectivity index (χ1v) is 9.90. The summed E-state index contributed by atoms with van der Waals surface area (Å²) in [4.78, 5) is 22.3. The molecule has 7 heteroatoms. The molecule has 1 unspecified atom stereocenters. The Kier molecular flexibility index (Phi) is 7.94. The van der Waals surface area contributed by atoms with E-state index in [1.54, 1.807) is 11.3 Å². The first-order valence-electron chi connectivity index (χ1n) is 9.08. The second-order valence-corrected chi connectivity index (χ2v) is 7.34. The Hall–Kier alpha value is -1.18. The van der Waals surface area contributed by atoms with Crippen LogP contribution in [0.4, 0.5) is 5.13 Å². The molecule has 0 saturated carbocycles.